The quantitative estimate of drug-likeness (QED) is 0.628. The van der Waals surface area contributed by atoms with Crippen molar-refractivity contribution in [3.63, 3.8) is 0 Å². The van der Waals surface area contributed by atoms with Crippen LogP contribution >= 0.6 is 0 Å². The molecule has 0 bridgehead atoms. The molecule has 2 N–H and O–H groups in total. The van der Waals surface area contributed by atoms with Gasteiger partial charge in [0.15, 0.2) is 6.79 Å². The highest BCUT2D eigenvalue weighted by Crippen LogP contribution is 2.18. The summed E-state index contributed by atoms with van der Waals surface area (Å²) < 4.78 is 11.2. The van der Waals surface area contributed by atoms with Crippen LogP contribution in [0.3, 0.4) is 0 Å². The number of aryl methyl sites for hydroxylation is 1. The fourth-order valence-electron chi connectivity index (χ4n) is 2.02. The van der Waals surface area contributed by atoms with E-state index in [9.17, 15) is 0 Å². The summed E-state index contributed by atoms with van der Waals surface area (Å²) in [4.78, 5) is 4.49. The van der Waals surface area contributed by atoms with Gasteiger partial charge in [0.05, 0.1) is 12.3 Å². The third-order valence-corrected chi connectivity index (χ3v) is 3.00. The first kappa shape index (κ1) is 15.5. The summed E-state index contributed by atoms with van der Waals surface area (Å²) in [6.07, 6.45) is 0.690. The Bertz CT molecular complexity index is 556. The summed E-state index contributed by atoms with van der Waals surface area (Å²) in [5, 5.41) is 0. The summed E-state index contributed by atoms with van der Waals surface area (Å²) in [6.45, 7) is 4.65. The maximum Gasteiger partial charge on any atom is 0.189 e. The minimum atomic E-state index is 0.0480. The average Bonchev–Trinajstić information content (AvgIpc) is 2.46. The summed E-state index contributed by atoms with van der Waals surface area (Å²) in [7, 11) is 0. The van der Waals surface area contributed by atoms with Crippen molar-refractivity contribution < 1.29 is 9.47 Å². The maximum atomic E-state index is 5.85. The number of pyridine rings is 1. The number of nitrogens with two attached hydrogens (primary N) is 1. The molecule has 0 amide bonds. The zero-order valence-corrected chi connectivity index (χ0v) is 12.6. The van der Waals surface area contributed by atoms with E-state index in [4.69, 9.17) is 15.2 Å². The fourth-order valence-corrected chi connectivity index (χ4v) is 2.02. The number of benzene rings is 1. The predicted octanol–water partition coefficient (Wildman–Crippen LogP) is 2.83. The van der Waals surface area contributed by atoms with E-state index < -0.39 is 0 Å². The van der Waals surface area contributed by atoms with Crippen molar-refractivity contribution in [2.75, 3.05) is 6.79 Å². The Kier molecular flexibility index (Phi) is 5.72. The van der Waals surface area contributed by atoms with Gasteiger partial charge >= 0.3 is 0 Å². The van der Waals surface area contributed by atoms with E-state index in [2.05, 4.69) is 4.98 Å². The van der Waals surface area contributed by atoms with Crippen LogP contribution in [0, 0.1) is 6.92 Å². The second-order valence-corrected chi connectivity index (χ2v) is 5.18. The molecule has 0 saturated carbocycles. The first-order chi connectivity index (χ1) is 10.1. The molecule has 1 atom stereocenters. The second-order valence-electron chi connectivity index (χ2n) is 5.18. The van der Waals surface area contributed by atoms with Crippen molar-refractivity contribution in [3.05, 3.63) is 59.4 Å². The molecule has 21 heavy (non-hydrogen) atoms. The SMILES string of the molecule is Cc1ccc(OCOCc2ccccc2)c(CC(C)N)n1. The van der Waals surface area contributed by atoms with Gasteiger partial charge in [0.2, 0.25) is 0 Å². The van der Waals surface area contributed by atoms with Crippen LogP contribution in [-0.4, -0.2) is 17.8 Å². The molecule has 0 aliphatic heterocycles. The number of hydrogen-bond acceptors (Lipinski definition) is 4. The molecule has 112 valence electrons. The van der Waals surface area contributed by atoms with Gasteiger partial charge in [0.25, 0.3) is 0 Å². The molecule has 0 spiro atoms. The number of ether oxygens (including phenoxy) is 2. The van der Waals surface area contributed by atoms with Crippen LogP contribution in [0.15, 0.2) is 42.5 Å². The van der Waals surface area contributed by atoms with E-state index in [0.717, 1.165) is 22.7 Å². The monoisotopic (exact) mass is 286 g/mol. The van der Waals surface area contributed by atoms with E-state index in [1.807, 2.05) is 56.3 Å². The van der Waals surface area contributed by atoms with Crippen molar-refractivity contribution in [2.45, 2.75) is 32.9 Å². The summed E-state index contributed by atoms with van der Waals surface area (Å²) >= 11 is 0. The lowest BCUT2D eigenvalue weighted by atomic mass is 10.1. The maximum absolute atomic E-state index is 5.85. The van der Waals surface area contributed by atoms with E-state index in [1.165, 1.54) is 0 Å². The third-order valence-electron chi connectivity index (χ3n) is 3.00. The van der Waals surface area contributed by atoms with Crippen LogP contribution in [0.25, 0.3) is 0 Å². The van der Waals surface area contributed by atoms with Crippen LogP contribution in [-0.2, 0) is 17.8 Å². The highest BCUT2D eigenvalue weighted by molar-refractivity contribution is 5.29. The lowest BCUT2D eigenvalue weighted by molar-refractivity contribution is 0.00424. The largest absolute Gasteiger partial charge is 0.466 e. The van der Waals surface area contributed by atoms with E-state index in [1.54, 1.807) is 0 Å². The van der Waals surface area contributed by atoms with Crippen LogP contribution in [0.4, 0.5) is 0 Å². The number of aromatic nitrogens is 1. The third kappa shape index (κ3) is 5.17. The normalized spacial score (nSPS) is 12.1. The van der Waals surface area contributed by atoms with Gasteiger partial charge < -0.3 is 15.2 Å². The molecule has 2 rings (SSSR count). The number of nitrogens with zero attached hydrogens (tertiary/aromatic N) is 1. The number of rotatable bonds is 7. The minimum Gasteiger partial charge on any atom is -0.466 e. The van der Waals surface area contributed by atoms with E-state index in [-0.39, 0.29) is 12.8 Å². The second kappa shape index (κ2) is 7.76. The standard InChI is InChI=1S/C17H22N2O2/c1-13(18)10-16-17(9-8-14(2)19-16)21-12-20-11-15-6-4-3-5-7-15/h3-9,13H,10-12,18H2,1-2H3. The van der Waals surface area contributed by atoms with Crippen molar-refractivity contribution in [3.8, 4) is 5.75 Å². The molecule has 1 unspecified atom stereocenters. The average molecular weight is 286 g/mol. The van der Waals surface area contributed by atoms with Crippen LogP contribution in [0.2, 0.25) is 0 Å². The van der Waals surface area contributed by atoms with Gasteiger partial charge in [-0.15, -0.1) is 0 Å². The zero-order valence-electron chi connectivity index (χ0n) is 12.6. The van der Waals surface area contributed by atoms with Crippen molar-refractivity contribution in [1.29, 1.82) is 0 Å². The molecule has 4 heteroatoms. The molecule has 1 heterocycles. The molecule has 1 aromatic heterocycles. The highest BCUT2D eigenvalue weighted by atomic mass is 16.7. The molecule has 1 aromatic carbocycles. The van der Waals surface area contributed by atoms with Gasteiger partial charge in [0.1, 0.15) is 5.75 Å². The minimum absolute atomic E-state index is 0.0480. The Morgan fingerprint density at radius 1 is 1.14 bits per heavy atom. The van der Waals surface area contributed by atoms with Crippen LogP contribution in [0.1, 0.15) is 23.9 Å². The number of hydrogen-bond donors (Lipinski definition) is 1. The molecule has 0 aliphatic carbocycles. The van der Waals surface area contributed by atoms with Gasteiger partial charge in [0, 0.05) is 18.2 Å². The molecule has 0 radical (unpaired) electrons. The first-order valence-corrected chi connectivity index (χ1v) is 7.11. The van der Waals surface area contributed by atoms with Crippen molar-refractivity contribution in [2.24, 2.45) is 5.73 Å². The zero-order chi connectivity index (χ0) is 15.1. The summed E-state index contributed by atoms with van der Waals surface area (Å²) in [6, 6.07) is 13.9. The van der Waals surface area contributed by atoms with Gasteiger partial charge in [-0.2, -0.15) is 0 Å². The topological polar surface area (TPSA) is 57.4 Å². The van der Waals surface area contributed by atoms with Gasteiger partial charge in [-0.1, -0.05) is 30.3 Å². The Labute approximate surface area is 125 Å². The van der Waals surface area contributed by atoms with Crippen molar-refractivity contribution in [1.82, 2.24) is 4.98 Å². The highest BCUT2D eigenvalue weighted by Gasteiger charge is 2.08. The molecular formula is C17H22N2O2. The Morgan fingerprint density at radius 3 is 2.62 bits per heavy atom. The van der Waals surface area contributed by atoms with Gasteiger partial charge in [-0.25, -0.2) is 0 Å². The smallest absolute Gasteiger partial charge is 0.189 e. The summed E-state index contributed by atoms with van der Waals surface area (Å²) in [5.74, 6) is 0.742. The van der Waals surface area contributed by atoms with Crippen molar-refractivity contribution >= 4 is 0 Å². The lowest BCUT2D eigenvalue weighted by Gasteiger charge is -2.13. The summed E-state index contributed by atoms with van der Waals surface area (Å²) in [5.41, 5.74) is 8.82. The lowest BCUT2D eigenvalue weighted by Crippen LogP contribution is -2.19. The molecule has 0 saturated heterocycles. The molecule has 0 aliphatic rings. The molecule has 2 aromatic rings. The van der Waals surface area contributed by atoms with E-state index in [0.29, 0.717) is 13.0 Å². The Hall–Kier alpha value is -1.91. The van der Waals surface area contributed by atoms with Gasteiger partial charge in [-0.3, -0.25) is 4.98 Å². The van der Waals surface area contributed by atoms with E-state index >= 15 is 0 Å². The molecule has 4 nitrogen and oxygen atoms in total. The predicted molar refractivity (Wildman–Crippen MR) is 83.1 cm³/mol. The Morgan fingerprint density at radius 2 is 1.90 bits per heavy atom. The van der Waals surface area contributed by atoms with Crippen LogP contribution < -0.4 is 10.5 Å². The Balaban J connectivity index is 1.87. The molecular weight excluding hydrogens is 264 g/mol. The van der Waals surface area contributed by atoms with Crippen LogP contribution in [0.5, 0.6) is 5.75 Å². The van der Waals surface area contributed by atoms with Gasteiger partial charge in [-0.05, 0) is 31.5 Å². The fraction of sp³-hybridized carbons (Fsp3) is 0.353. The first-order valence-electron chi connectivity index (χ1n) is 7.11. The molecule has 0 fully saturated rings.